The van der Waals surface area contributed by atoms with Gasteiger partial charge in [-0.1, -0.05) is 24.3 Å². The predicted molar refractivity (Wildman–Crippen MR) is 119 cm³/mol. The lowest BCUT2D eigenvalue weighted by atomic mass is 9.68. The van der Waals surface area contributed by atoms with Crippen LogP contribution in [0, 0.1) is 5.92 Å². The van der Waals surface area contributed by atoms with Gasteiger partial charge in [-0.3, -0.25) is 0 Å². The van der Waals surface area contributed by atoms with Gasteiger partial charge in [-0.05, 0) is 82.6 Å². The summed E-state index contributed by atoms with van der Waals surface area (Å²) in [6, 6.07) is 10.1. The molecule has 0 radical (unpaired) electrons. The van der Waals surface area contributed by atoms with Crippen molar-refractivity contribution in [3.63, 3.8) is 0 Å². The molecule has 5 nitrogen and oxygen atoms in total. The highest BCUT2D eigenvalue weighted by molar-refractivity contribution is 5.68. The molecule has 3 fully saturated rings. The Balaban J connectivity index is 1.26. The Bertz CT molecular complexity index is 773. The zero-order valence-electron chi connectivity index (χ0n) is 18.7. The average molecular weight is 412 g/mol. The first-order valence-corrected chi connectivity index (χ1v) is 12.0. The van der Waals surface area contributed by atoms with Crippen LogP contribution in [0.4, 0.5) is 4.79 Å². The molecule has 30 heavy (non-hydrogen) atoms. The Kier molecular flexibility index (Phi) is 5.53. The van der Waals surface area contributed by atoms with Gasteiger partial charge in [-0.2, -0.15) is 0 Å². The van der Waals surface area contributed by atoms with E-state index in [0.717, 1.165) is 25.9 Å². The lowest BCUT2D eigenvalue weighted by Crippen LogP contribution is -2.53. The first-order valence-electron chi connectivity index (χ1n) is 12.0. The number of fused-ring (bicyclic) bond motifs is 3. The quantitative estimate of drug-likeness (QED) is 0.740. The molecule has 5 rings (SSSR count). The Morgan fingerprint density at radius 3 is 2.77 bits per heavy atom. The summed E-state index contributed by atoms with van der Waals surface area (Å²) in [6.07, 6.45) is 7.19. The maximum Gasteiger partial charge on any atom is 0.410 e. The van der Waals surface area contributed by atoms with Crippen molar-refractivity contribution in [2.24, 2.45) is 5.92 Å². The molecule has 5 heteroatoms. The number of carbonyl (C=O) groups excluding carboxylic acids is 1. The molecular formula is C25H37N3O2. The van der Waals surface area contributed by atoms with Crippen LogP contribution in [-0.2, 0) is 16.7 Å². The molecule has 3 atom stereocenters. The van der Waals surface area contributed by atoms with E-state index in [1.54, 1.807) is 5.56 Å². The molecule has 1 aliphatic carbocycles. The number of rotatable bonds is 2. The SMILES string of the molecule is CCOC(=O)N1CCCC2CC(N3CCC4(CC3)CN(C)Cc3ccccc34)CC21. The van der Waals surface area contributed by atoms with Gasteiger partial charge in [0.25, 0.3) is 0 Å². The highest BCUT2D eigenvalue weighted by atomic mass is 16.6. The van der Waals surface area contributed by atoms with Gasteiger partial charge in [0.2, 0.25) is 0 Å². The van der Waals surface area contributed by atoms with Crippen molar-refractivity contribution in [2.75, 3.05) is 39.8 Å². The highest BCUT2D eigenvalue weighted by Crippen LogP contribution is 2.44. The van der Waals surface area contributed by atoms with E-state index in [1.807, 2.05) is 6.92 Å². The van der Waals surface area contributed by atoms with Gasteiger partial charge in [0.1, 0.15) is 0 Å². The number of benzene rings is 1. The lowest BCUT2D eigenvalue weighted by molar-refractivity contribution is 0.0622. The Morgan fingerprint density at radius 2 is 1.97 bits per heavy atom. The second-order valence-electron chi connectivity index (χ2n) is 10.1. The van der Waals surface area contributed by atoms with Crippen molar-refractivity contribution in [1.82, 2.24) is 14.7 Å². The van der Waals surface area contributed by atoms with E-state index in [4.69, 9.17) is 4.74 Å². The van der Waals surface area contributed by atoms with Gasteiger partial charge < -0.3 is 19.4 Å². The number of carbonyl (C=O) groups is 1. The molecule has 3 heterocycles. The number of likely N-dealkylation sites (tertiary alicyclic amines) is 2. The molecule has 3 unspecified atom stereocenters. The van der Waals surface area contributed by atoms with Gasteiger partial charge in [-0.15, -0.1) is 0 Å². The molecule has 0 bridgehead atoms. The zero-order valence-corrected chi connectivity index (χ0v) is 18.7. The molecule has 1 aromatic rings. The molecule has 164 valence electrons. The topological polar surface area (TPSA) is 36.0 Å². The second kappa shape index (κ2) is 8.16. The van der Waals surface area contributed by atoms with Gasteiger partial charge in [-0.25, -0.2) is 4.79 Å². The molecule has 1 spiro atoms. The molecular weight excluding hydrogens is 374 g/mol. The Hall–Kier alpha value is -1.59. The van der Waals surface area contributed by atoms with Crippen LogP contribution in [0.2, 0.25) is 0 Å². The summed E-state index contributed by atoms with van der Waals surface area (Å²) in [6.45, 7) is 7.89. The fourth-order valence-corrected chi connectivity index (χ4v) is 7.06. The van der Waals surface area contributed by atoms with Gasteiger partial charge in [0, 0.05) is 37.1 Å². The molecule has 1 amide bonds. The van der Waals surface area contributed by atoms with E-state index < -0.39 is 0 Å². The molecule has 2 saturated heterocycles. The number of hydrogen-bond donors (Lipinski definition) is 0. The van der Waals surface area contributed by atoms with Gasteiger partial charge in [0.15, 0.2) is 0 Å². The standard InChI is InChI=1S/C25H37N3O2/c1-3-30-24(29)28-12-6-8-19-15-21(16-23(19)28)27-13-10-25(11-14-27)18-26(2)17-20-7-4-5-9-22(20)25/h4-5,7,9,19,21,23H,3,6,8,10-18H2,1-2H3. The van der Waals surface area contributed by atoms with Crippen molar-refractivity contribution in [1.29, 1.82) is 0 Å². The number of piperidine rings is 2. The fraction of sp³-hybridized carbons (Fsp3) is 0.720. The van der Waals surface area contributed by atoms with Crippen LogP contribution in [0.1, 0.15) is 56.6 Å². The first-order chi connectivity index (χ1) is 14.6. The molecule has 1 saturated carbocycles. The van der Waals surface area contributed by atoms with Crippen LogP contribution in [0.5, 0.6) is 0 Å². The summed E-state index contributed by atoms with van der Waals surface area (Å²) >= 11 is 0. The minimum absolute atomic E-state index is 0.0905. The van der Waals surface area contributed by atoms with Crippen molar-refractivity contribution in [3.8, 4) is 0 Å². The minimum atomic E-state index is -0.0905. The van der Waals surface area contributed by atoms with Gasteiger partial charge in [0.05, 0.1) is 6.61 Å². The number of ether oxygens (including phenoxy) is 1. The van der Waals surface area contributed by atoms with Crippen LogP contribution in [-0.4, -0.2) is 72.7 Å². The van der Waals surface area contributed by atoms with E-state index in [2.05, 4.69) is 46.0 Å². The summed E-state index contributed by atoms with van der Waals surface area (Å²) in [5, 5.41) is 0. The summed E-state index contributed by atoms with van der Waals surface area (Å²) in [5.41, 5.74) is 3.45. The maximum absolute atomic E-state index is 12.5. The minimum Gasteiger partial charge on any atom is -0.450 e. The second-order valence-corrected chi connectivity index (χ2v) is 10.1. The summed E-state index contributed by atoms with van der Waals surface area (Å²) in [7, 11) is 2.27. The summed E-state index contributed by atoms with van der Waals surface area (Å²) < 4.78 is 5.36. The Morgan fingerprint density at radius 1 is 1.17 bits per heavy atom. The fourth-order valence-electron chi connectivity index (χ4n) is 7.06. The number of hydrogen-bond acceptors (Lipinski definition) is 4. The third kappa shape index (κ3) is 3.54. The maximum atomic E-state index is 12.5. The summed E-state index contributed by atoms with van der Waals surface area (Å²) in [4.78, 5) is 19.8. The van der Waals surface area contributed by atoms with E-state index in [-0.39, 0.29) is 6.09 Å². The van der Waals surface area contributed by atoms with E-state index in [9.17, 15) is 4.79 Å². The number of amides is 1. The highest BCUT2D eigenvalue weighted by Gasteiger charge is 2.47. The van der Waals surface area contributed by atoms with Crippen LogP contribution < -0.4 is 0 Å². The van der Waals surface area contributed by atoms with Crippen LogP contribution in [0.3, 0.4) is 0 Å². The van der Waals surface area contributed by atoms with E-state index in [1.165, 1.54) is 50.9 Å². The summed E-state index contributed by atoms with van der Waals surface area (Å²) in [5.74, 6) is 0.658. The molecule has 0 aromatic heterocycles. The predicted octanol–water partition coefficient (Wildman–Crippen LogP) is 3.87. The smallest absolute Gasteiger partial charge is 0.410 e. The van der Waals surface area contributed by atoms with E-state index in [0.29, 0.717) is 30.0 Å². The molecule has 3 aliphatic heterocycles. The normalized spacial score (nSPS) is 31.4. The van der Waals surface area contributed by atoms with E-state index >= 15 is 0 Å². The largest absolute Gasteiger partial charge is 0.450 e. The Labute approximate surface area is 181 Å². The van der Waals surface area contributed by atoms with Crippen LogP contribution >= 0.6 is 0 Å². The third-order valence-electron chi connectivity index (χ3n) is 8.38. The number of likely N-dealkylation sites (N-methyl/N-ethyl adjacent to an activating group) is 1. The van der Waals surface area contributed by atoms with Crippen molar-refractivity contribution >= 4 is 6.09 Å². The molecule has 1 aromatic carbocycles. The average Bonchev–Trinajstić information content (AvgIpc) is 3.18. The van der Waals surface area contributed by atoms with Crippen molar-refractivity contribution in [2.45, 2.75) is 69.5 Å². The van der Waals surface area contributed by atoms with Gasteiger partial charge >= 0.3 is 6.09 Å². The first kappa shape index (κ1) is 20.3. The monoisotopic (exact) mass is 411 g/mol. The van der Waals surface area contributed by atoms with Crippen molar-refractivity contribution < 1.29 is 9.53 Å². The van der Waals surface area contributed by atoms with Crippen LogP contribution in [0.25, 0.3) is 0 Å². The van der Waals surface area contributed by atoms with Crippen molar-refractivity contribution in [3.05, 3.63) is 35.4 Å². The zero-order chi connectivity index (χ0) is 20.7. The number of nitrogens with zero attached hydrogens (tertiary/aromatic N) is 3. The lowest BCUT2D eigenvalue weighted by Gasteiger charge is -2.49. The molecule has 4 aliphatic rings. The third-order valence-corrected chi connectivity index (χ3v) is 8.38. The molecule has 0 N–H and O–H groups in total. The van der Waals surface area contributed by atoms with Crippen LogP contribution in [0.15, 0.2) is 24.3 Å².